The zero-order valence-electron chi connectivity index (χ0n) is 14.6. The lowest BCUT2D eigenvalue weighted by Gasteiger charge is -2.11. The molecule has 128 valence electrons. The average Bonchev–Trinajstić information content (AvgIpc) is 2.97. The van der Waals surface area contributed by atoms with E-state index >= 15 is 0 Å². The number of aromatic nitrogens is 2. The standard InChI is InChI=1S/C20H15N3O2S/c1-10-15(8-13-4-6-14(9-21)7-5-13)11(2)22-19-16(10)17-18(26-19)20(24)25-12(3)23-17/h4-7H,8H2,1-3H3. The number of nitriles is 1. The van der Waals surface area contributed by atoms with Crippen LogP contribution in [0.1, 0.15) is 33.8 Å². The molecule has 0 aliphatic rings. The van der Waals surface area contributed by atoms with Crippen LogP contribution in [0.5, 0.6) is 0 Å². The maximum Gasteiger partial charge on any atom is 0.357 e. The molecular weight excluding hydrogens is 346 g/mol. The van der Waals surface area contributed by atoms with E-state index in [1.165, 1.54) is 11.3 Å². The van der Waals surface area contributed by atoms with Gasteiger partial charge in [0.05, 0.1) is 11.6 Å². The Morgan fingerprint density at radius 2 is 1.88 bits per heavy atom. The van der Waals surface area contributed by atoms with E-state index in [9.17, 15) is 4.79 Å². The van der Waals surface area contributed by atoms with E-state index in [2.05, 4.69) is 11.1 Å². The van der Waals surface area contributed by atoms with Crippen LogP contribution in [0.4, 0.5) is 0 Å². The fourth-order valence-corrected chi connectivity index (χ4v) is 4.33. The van der Waals surface area contributed by atoms with E-state index in [0.29, 0.717) is 28.1 Å². The number of fused-ring (bicyclic) bond motifs is 3. The molecule has 0 bridgehead atoms. The molecule has 4 rings (SSSR count). The average molecular weight is 361 g/mol. The number of rotatable bonds is 2. The number of pyridine rings is 1. The highest BCUT2D eigenvalue weighted by atomic mass is 32.1. The Bertz CT molecular complexity index is 1260. The summed E-state index contributed by atoms with van der Waals surface area (Å²) in [5.74, 6) is 0.357. The third kappa shape index (κ3) is 2.57. The molecule has 0 aliphatic carbocycles. The Hall–Kier alpha value is -3.04. The van der Waals surface area contributed by atoms with Crippen LogP contribution in [0.3, 0.4) is 0 Å². The summed E-state index contributed by atoms with van der Waals surface area (Å²) in [5, 5.41) is 9.87. The van der Waals surface area contributed by atoms with Gasteiger partial charge in [-0.15, -0.1) is 11.3 Å². The normalized spacial score (nSPS) is 11.2. The van der Waals surface area contributed by atoms with Gasteiger partial charge in [-0.3, -0.25) is 0 Å². The van der Waals surface area contributed by atoms with Crippen molar-refractivity contribution in [1.29, 1.82) is 5.26 Å². The quantitative estimate of drug-likeness (QED) is 0.535. The monoisotopic (exact) mass is 361 g/mol. The van der Waals surface area contributed by atoms with E-state index in [1.807, 2.05) is 38.1 Å². The summed E-state index contributed by atoms with van der Waals surface area (Å²) in [5.41, 5.74) is 5.21. The minimum Gasteiger partial charge on any atom is -0.408 e. The molecular formula is C20H15N3O2S. The largest absolute Gasteiger partial charge is 0.408 e. The van der Waals surface area contributed by atoms with Gasteiger partial charge in [0.1, 0.15) is 15.0 Å². The number of hydrogen-bond donors (Lipinski definition) is 0. The topological polar surface area (TPSA) is 79.8 Å². The fourth-order valence-electron chi connectivity index (χ4n) is 3.24. The zero-order valence-corrected chi connectivity index (χ0v) is 15.4. The number of hydrogen-bond acceptors (Lipinski definition) is 6. The SMILES string of the molecule is Cc1nc2c(sc3nc(C)c(Cc4ccc(C#N)cc4)c(C)c32)c(=O)o1. The molecule has 26 heavy (non-hydrogen) atoms. The van der Waals surface area contributed by atoms with Crippen molar-refractivity contribution in [3.8, 4) is 6.07 Å². The number of thiophene rings is 1. The predicted molar refractivity (Wildman–Crippen MR) is 102 cm³/mol. The van der Waals surface area contributed by atoms with Crippen molar-refractivity contribution in [3.05, 3.63) is 68.5 Å². The third-order valence-corrected chi connectivity index (χ3v) is 5.61. The van der Waals surface area contributed by atoms with E-state index in [4.69, 9.17) is 14.7 Å². The molecule has 1 aromatic carbocycles. The van der Waals surface area contributed by atoms with Crippen molar-refractivity contribution in [2.45, 2.75) is 27.2 Å². The molecule has 3 heterocycles. The molecule has 5 nitrogen and oxygen atoms in total. The Labute approximate surface area is 153 Å². The molecule has 0 N–H and O–H groups in total. The molecule has 0 saturated carbocycles. The maximum absolute atomic E-state index is 12.2. The van der Waals surface area contributed by atoms with Crippen LogP contribution < -0.4 is 5.63 Å². The summed E-state index contributed by atoms with van der Waals surface area (Å²) in [7, 11) is 0. The fraction of sp³-hybridized carbons (Fsp3) is 0.200. The molecule has 0 aliphatic heterocycles. The van der Waals surface area contributed by atoms with Crippen LogP contribution in [-0.2, 0) is 6.42 Å². The van der Waals surface area contributed by atoms with Crippen LogP contribution in [0, 0.1) is 32.1 Å². The van der Waals surface area contributed by atoms with Gasteiger partial charge in [0.2, 0.25) is 0 Å². The van der Waals surface area contributed by atoms with E-state index in [1.54, 1.807) is 6.92 Å². The Kier molecular flexibility index (Phi) is 3.82. The van der Waals surface area contributed by atoms with Crippen LogP contribution in [0.25, 0.3) is 20.4 Å². The van der Waals surface area contributed by atoms with Gasteiger partial charge in [0.15, 0.2) is 5.89 Å². The van der Waals surface area contributed by atoms with Gasteiger partial charge in [-0.1, -0.05) is 12.1 Å². The van der Waals surface area contributed by atoms with E-state index in [-0.39, 0.29) is 5.63 Å². The van der Waals surface area contributed by atoms with Crippen molar-refractivity contribution in [1.82, 2.24) is 9.97 Å². The molecule has 4 aromatic rings. The number of benzene rings is 1. The second-order valence-corrected chi connectivity index (χ2v) is 7.27. The number of nitrogens with zero attached hydrogens (tertiary/aromatic N) is 3. The van der Waals surface area contributed by atoms with Gasteiger partial charge >= 0.3 is 5.63 Å². The van der Waals surface area contributed by atoms with Gasteiger partial charge in [0.25, 0.3) is 0 Å². The molecule has 0 radical (unpaired) electrons. The highest BCUT2D eigenvalue weighted by Gasteiger charge is 2.18. The second kappa shape index (κ2) is 6.04. The predicted octanol–water partition coefficient (Wildman–Crippen LogP) is 4.19. The highest BCUT2D eigenvalue weighted by molar-refractivity contribution is 7.25. The van der Waals surface area contributed by atoms with Gasteiger partial charge in [-0.2, -0.15) is 5.26 Å². The Morgan fingerprint density at radius 1 is 1.15 bits per heavy atom. The zero-order chi connectivity index (χ0) is 18.4. The van der Waals surface area contributed by atoms with Crippen LogP contribution >= 0.6 is 11.3 Å². The first-order valence-corrected chi connectivity index (χ1v) is 8.98. The Balaban J connectivity index is 1.93. The van der Waals surface area contributed by atoms with Crippen molar-refractivity contribution >= 4 is 31.8 Å². The van der Waals surface area contributed by atoms with Crippen molar-refractivity contribution in [3.63, 3.8) is 0 Å². The summed E-state index contributed by atoms with van der Waals surface area (Å²) in [6.45, 7) is 5.71. The van der Waals surface area contributed by atoms with Crippen LogP contribution in [0.15, 0.2) is 33.5 Å². The first kappa shape index (κ1) is 16.4. The van der Waals surface area contributed by atoms with E-state index in [0.717, 1.165) is 32.6 Å². The van der Waals surface area contributed by atoms with Crippen LogP contribution in [-0.4, -0.2) is 9.97 Å². The van der Waals surface area contributed by atoms with Crippen LogP contribution in [0.2, 0.25) is 0 Å². The smallest absolute Gasteiger partial charge is 0.357 e. The minimum absolute atomic E-state index is 0.357. The first-order valence-electron chi connectivity index (χ1n) is 8.17. The van der Waals surface area contributed by atoms with Gasteiger partial charge in [-0.05, 0) is 49.1 Å². The highest BCUT2D eigenvalue weighted by Crippen LogP contribution is 2.34. The van der Waals surface area contributed by atoms with Crippen molar-refractivity contribution in [2.24, 2.45) is 0 Å². The van der Waals surface area contributed by atoms with Gasteiger partial charge < -0.3 is 4.42 Å². The summed E-state index contributed by atoms with van der Waals surface area (Å²) in [6, 6.07) is 9.70. The molecule has 0 saturated heterocycles. The summed E-state index contributed by atoms with van der Waals surface area (Å²) < 4.78 is 5.64. The molecule has 6 heteroatoms. The number of aryl methyl sites for hydroxylation is 3. The third-order valence-electron chi connectivity index (χ3n) is 4.56. The molecule has 0 spiro atoms. The Morgan fingerprint density at radius 3 is 2.58 bits per heavy atom. The summed E-state index contributed by atoms with van der Waals surface area (Å²) in [4.78, 5) is 22.1. The van der Waals surface area contributed by atoms with Gasteiger partial charge in [-0.25, -0.2) is 14.8 Å². The summed E-state index contributed by atoms with van der Waals surface area (Å²) >= 11 is 1.33. The molecule has 0 atom stereocenters. The lowest BCUT2D eigenvalue weighted by atomic mass is 9.97. The van der Waals surface area contributed by atoms with Crippen molar-refractivity contribution in [2.75, 3.05) is 0 Å². The molecule has 0 unspecified atom stereocenters. The lowest BCUT2D eigenvalue weighted by Crippen LogP contribution is -2.01. The summed E-state index contributed by atoms with van der Waals surface area (Å²) in [6.07, 6.45) is 0.712. The minimum atomic E-state index is -0.360. The van der Waals surface area contributed by atoms with Gasteiger partial charge in [0, 0.05) is 18.0 Å². The second-order valence-electron chi connectivity index (χ2n) is 6.27. The maximum atomic E-state index is 12.2. The van der Waals surface area contributed by atoms with Crippen molar-refractivity contribution < 1.29 is 4.42 Å². The molecule has 3 aromatic heterocycles. The van der Waals surface area contributed by atoms with E-state index < -0.39 is 0 Å². The first-order chi connectivity index (χ1) is 12.5. The molecule has 0 amide bonds. The molecule has 0 fully saturated rings. The lowest BCUT2D eigenvalue weighted by molar-refractivity contribution is 0.468.